The lowest BCUT2D eigenvalue weighted by molar-refractivity contribution is 0.00931. The van der Waals surface area contributed by atoms with Crippen LogP contribution in [0.4, 0.5) is 0 Å². The van der Waals surface area contributed by atoms with Crippen LogP contribution in [0.25, 0.3) is 0 Å². The first-order valence-corrected chi connectivity index (χ1v) is 8.69. The number of benzene rings is 1. The zero-order valence-electron chi connectivity index (χ0n) is 14.7. The molecule has 2 saturated heterocycles. The standard InChI is InChI=1S/C19H28N2O2/c1-14(2)20-9-8-19(11-20)12-21(13-19)18(22)16-6-5-7-17(10-16)23-15(3)4/h5-7,10,14-15H,8-9,11-13H2,1-4H3. The smallest absolute Gasteiger partial charge is 0.254 e. The third-order valence-corrected chi connectivity index (χ3v) is 4.99. The van der Waals surface area contributed by atoms with E-state index < -0.39 is 0 Å². The fourth-order valence-electron chi connectivity index (χ4n) is 3.73. The van der Waals surface area contributed by atoms with Gasteiger partial charge in [0.15, 0.2) is 0 Å². The topological polar surface area (TPSA) is 32.8 Å². The van der Waals surface area contributed by atoms with E-state index in [1.807, 2.05) is 43.0 Å². The van der Waals surface area contributed by atoms with Crippen molar-refractivity contribution in [3.8, 4) is 5.75 Å². The lowest BCUT2D eigenvalue weighted by Crippen LogP contribution is -2.59. The Morgan fingerprint density at radius 2 is 1.91 bits per heavy atom. The molecule has 0 unspecified atom stereocenters. The SMILES string of the molecule is CC(C)Oc1cccc(C(=O)N2CC3(CCN(C(C)C)C3)C2)c1. The Morgan fingerprint density at radius 3 is 2.52 bits per heavy atom. The molecule has 3 rings (SSSR count). The largest absolute Gasteiger partial charge is 0.491 e. The fraction of sp³-hybridized carbons (Fsp3) is 0.632. The lowest BCUT2D eigenvalue weighted by atomic mass is 9.78. The third-order valence-electron chi connectivity index (χ3n) is 4.99. The summed E-state index contributed by atoms with van der Waals surface area (Å²) < 4.78 is 5.69. The molecule has 1 aromatic rings. The number of hydrogen-bond donors (Lipinski definition) is 0. The van der Waals surface area contributed by atoms with Crippen LogP contribution in [-0.4, -0.2) is 54.0 Å². The highest BCUT2D eigenvalue weighted by Gasteiger charge is 2.49. The van der Waals surface area contributed by atoms with Crippen LogP contribution in [0, 0.1) is 5.41 Å². The molecule has 0 radical (unpaired) electrons. The number of amides is 1. The molecule has 2 aliphatic heterocycles. The summed E-state index contributed by atoms with van der Waals surface area (Å²) in [5.74, 6) is 0.903. The highest BCUT2D eigenvalue weighted by Crippen LogP contribution is 2.40. The minimum Gasteiger partial charge on any atom is -0.491 e. The number of hydrogen-bond acceptors (Lipinski definition) is 3. The maximum Gasteiger partial charge on any atom is 0.254 e. The van der Waals surface area contributed by atoms with Crippen molar-refractivity contribution in [3.05, 3.63) is 29.8 Å². The van der Waals surface area contributed by atoms with Crippen molar-refractivity contribution in [1.29, 1.82) is 0 Å². The van der Waals surface area contributed by atoms with Crippen LogP contribution in [-0.2, 0) is 0 Å². The average molecular weight is 316 g/mol. The Morgan fingerprint density at radius 1 is 1.17 bits per heavy atom. The average Bonchev–Trinajstić information content (AvgIpc) is 2.90. The molecule has 1 amide bonds. The number of rotatable bonds is 4. The predicted molar refractivity (Wildman–Crippen MR) is 91.9 cm³/mol. The summed E-state index contributed by atoms with van der Waals surface area (Å²) in [5, 5.41) is 0. The van der Waals surface area contributed by atoms with Crippen LogP contribution in [0.3, 0.4) is 0 Å². The Kier molecular flexibility index (Phi) is 4.37. The Hall–Kier alpha value is -1.55. The van der Waals surface area contributed by atoms with Crippen molar-refractivity contribution < 1.29 is 9.53 Å². The van der Waals surface area contributed by atoms with Gasteiger partial charge in [-0.1, -0.05) is 6.07 Å². The summed E-state index contributed by atoms with van der Waals surface area (Å²) >= 11 is 0. The quantitative estimate of drug-likeness (QED) is 0.856. The van der Waals surface area contributed by atoms with E-state index in [9.17, 15) is 4.79 Å². The normalized spacial score (nSPS) is 20.3. The van der Waals surface area contributed by atoms with Gasteiger partial charge in [0, 0.05) is 36.7 Å². The maximum atomic E-state index is 12.7. The molecule has 0 bridgehead atoms. The van der Waals surface area contributed by atoms with E-state index in [0.29, 0.717) is 11.5 Å². The van der Waals surface area contributed by atoms with E-state index in [1.165, 1.54) is 6.42 Å². The molecule has 2 aliphatic rings. The molecule has 0 N–H and O–H groups in total. The van der Waals surface area contributed by atoms with Gasteiger partial charge >= 0.3 is 0 Å². The third kappa shape index (κ3) is 3.37. The molecule has 0 atom stereocenters. The van der Waals surface area contributed by atoms with Gasteiger partial charge in [-0.25, -0.2) is 0 Å². The molecular formula is C19H28N2O2. The number of likely N-dealkylation sites (tertiary alicyclic amines) is 2. The maximum absolute atomic E-state index is 12.7. The molecule has 23 heavy (non-hydrogen) atoms. The van der Waals surface area contributed by atoms with Gasteiger partial charge < -0.3 is 14.5 Å². The zero-order chi connectivity index (χ0) is 16.6. The van der Waals surface area contributed by atoms with Crippen LogP contribution in [0.15, 0.2) is 24.3 Å². The lowest BCUT2D eigenvalue weighted by Gasteiger charge is -2.48. The van der Waals surface area contributed by atoms with Gasteiger partial charge in [-0.15, -0.1) is 0 Å². The number of ether oxygens (including phenoxy) is 1. The second kappa shape index (κ2) is 6.16. The van der Waals surface area contributed by atoms with Crippen molar-refractivity contribution in [1.82, 2.24) is 9.80 Å². The van der Waals surface area contributed by atoms with E-state index in [0.717, 1.165) is 37.5 Å². The van der Waals surface area contributed by atoms with E-state index in [2.05, 4.69) is 18.7 Å². The van der Waals surface area contributed by atoms with E-state index in [-0.39, 0.29) is 12.0 Å². The Bertz CT molecular complexity index is 576. The van der Waals surface area contributed by atoms with Crippen LogP contribution in [0.5, 0.6) is 5.75 Å². The first-order chi connectivity index (χ1) is 10.9. The summed E-state index contributed by atoms with van der Waals surface area (Å²) in [4.78, 5) is 17.2. The summed E-state index contributed by atoms with van der Waals surface area (Å²) in [6.07, 6.45) is 1.33. The van der Waals surface area contributed by atoms with E-state index in [4.69, 9.17) is 4.74 Å². The van der Waals surface area contributed by atoms with Crippen molar-refractivity contribution in [2.75, 3.05) is 26.2 Å². The summed E-state index contributed by atoms with van der Waals surface area (Å²) in [5.41, 5.74) is 1.07. The Labute approximate surface area is 139 Å². The van der Waals surface area contributed by atoms with Gasteiger partial charge in [0.2, 0.25) is 0 Å². The summed E-state index contributed by atoms with van der Waals surface area (Å²) in [6, 6.07) is 8.16. The summed E-state index contributed by atoms with van der Waals surface area (Å²) in [6.45, 7) is 12.6. The Balaban J connectivity index is 1.61. The van der Waals surface area contributed by atoms with Crippen molar-refractivity contribution in [2.45, 2.75) is 46.3 Å². The molecule has 1 aromatic carbocycles. The second-order valence-corrected chi connectivity index (χ2v) is 7.67. The van der Waals surface area contributed by atoms with Crippen molar-refractivity contribution >= 4 is 5.91 Å². The molecule has 0 aromatic heterocycles. The first-order valence-electron chi connectivity index (χ1n) is 8.69. The fourth-order valence-corrected chi connectivity index (χ4v) is 3.73. The van der Waals surface area contributed by atoms with Crippen molar-refractivity contribution in [2.24, 2.45) is 5.41 Å². The highest BCUT2D eigenvalue weighted by molar-refractivity contribution is 5.95. The molecule has 4 nitrogen and oxygen atoms in total. The molecule has 4 heteroatoms. The van der Waals surface area contributed by atoms with Gasteiger partial charge in [0.05, 0.1) is 6.10 Å². The van der Waals surface area contributed by atoms with E-state index in [1.54, 1.807) is 0 Å². The second-order valence-electron chi connectivity index (χ2n) is 7.67. The number of carbonyl (C=O) groups is 1. The minimum atomic E-state index is 0.119. The molecule has 2 fully saturated rings. The van der Waals surface area contributed by atoms with Gasteiger partial charge in [-0.3, -0.25) is 4.79 Å². The highest BCUT2D eigenvalue weighted by atomic mass is 16.5. The zero-order valence-corrected chi connectivity index (χ0v) is 14.7. The van der Waals surface area contributed by atoms with Crippen LogP contribution in [0.1, 0.15) is 44.5 Å². The van der Waals surface area contributed by atoms with Gasteiger partial charge in [-0.05, 0) is 58.9 Å². The predicted octanol–water partition coefficient (Wildman–Crippen LogP) is 3.03. The molecule has 0 aliphatic carbocycles. The van der Waals surface area contributed by atoms with Gasteiger partial charge in [0.1, 0.15) is 5.75 Å². The van der Waals surface area contributed by atoms with Crippen molar-refractivity contribution in [3.63, 3.8) is 0 Å². The molecule has 126 valence electrons. The van der Waals surface area contributed by atoms with Crippen LogP contribution >= 0.6 is 0 Å². The van der Waals surface area contributed by atoms with Gasteiger partial charge in [0.25, 0.3) is 5.91 Å². The minimum absolute atomic E-state index is 0.119. The monoisotopic (exact) mass is 316 g/mol. The number of carbonyl (C=O) groups excluding carboxylic acids is 1. The van der Waals surface area contributed by atoms with Crippen LogP contribution in [0.2, 0.25) is 0 Å². The number of nitrogens with zero attached hydrogens (tertiary/aromatic N) is 2. The molecular weight excluding hydrogens is 288 g/mol. The molecule has 0 saturated carbocycles. The van der Waals surface area contributed by atoms with Crippen LogP contribution < -0.4 is 4.74 Å². The van der Waals surface area contributed by atoms with E-state index >= 15 is 0 Å². The molecule has 2 heterocycles. The van der Waals surface area contributed by atoms with Gasteiger partial charge in [-0.2, -0.15) is 0 Å². The molecule has 1 spiro atoms. The first kappa shape index (κ1) is 16.3. The summed E-state index contributed by atoms with van der Waals surface area (Å²) in [7, 11) is 0.